The van der Waals surface area contributed by atoms with Gasteiger partial charge >= 0.3 is 5.69 Å². The van der Waals surface area contributed by atoms with E-state index in [9.17, 15) is 4.79 Å². The minimum absolute atomic E-state index is 0.191. The molecule has 0 bridgehead atoms. The third-order valence-corrected chi connectivity index (χ3v) is 2.46. The summed E-state index contributed by atoms with van der Waals surface area (Å²) in [4.78, 5) is 24.5. The lowest BCUT2D eigenvalue weighted by atomic mass is 10.2. The summed E-state index contributed by atoms with van der Waals surface area (Å²) < 4.78 is 0. The van der Waals surface area contributed by atoms with Crippen LogP contribution in [0.25, 0.3) is 0 Å². The Balaban J connectivity index is 2.20. The summed E-state index contributed by atoms with van der Waals surface area (Å²) in [5.41, 5.74) is 1.53. The molecular formula is C9H10N4OS. The standard InChI is InChI=1S/C9H10N4OS/c1-15-9-10-3-2-6(13-9)4-7-5-11-8(14)12-7/h2-3,5H,4H2,1H3,(H2,11,12,14). The highest BCUT2D eigenvalue weighted by molar-refractivity contribution is 7.98. The second kappa shape index (κ2) is 4.31. The quantitative estimate of drug-likeness (QED) is 0.595. The molecule has 5 nitrogen and oxygen atoms in total. The van der Waals surface area contributed by atoms with Gasteiger partial charge in [-0.2, -0.15) is 0 Å². The Hall–Kier alpha value is -1.56. The molecule has 2 rings (SSSR count). The van der Waals surface area contributed by atoms with Crippen LogP contribution in [0.1, 0.15) is 11.4 Å². The smallest absolute Gasteiger partial charge is 0.313 e. The van der Waals surface area contributed by atoms with Crippen LogP contribution in [0.3, 0.4) is 0 Å². The number of H-pyrrole nitrogens is 2. The van der Waals surface area contributed by atoms with Crippen LogP contribution in [0.4, 0.5) is 0 Å². The molecule has 78 valence electrons. The minimum Gasteiger partial charge on any atom is -0.313 e. The van der Waals surface area contributed by atoms with Crippen LogP contribution >= 0.6 is 11.8 Å². The summed E-state index contributed by atoms with van der Waals surface area (Å²) in [6, 6.07) is 1.84. The normalized spacial score (nSPS) is 10.5. The summed E-state index contributed by atoms with van der Waals surface area (Å²) in [5, 5.41) is 0.741. The van der Waals surface area contributed by atoms with Crippen molar-refractivity contribution >= 4 is 11.8 Å². The van der Waals surface area contributed by atoms with Gasteiger partial charge in [-0.15, -0.1) is 0 Å². The zero-order chi connectivity index (χ0) is 10.7. The maximum atomic E-state index is 10.9. The van der Waals surface area contributed by atoms with Crippen LogP contribution < -0.4 is 5.69 Å². The van der Waals surface area contributed by atoms with E-state index < -0.39 is 0 Å². The SMILES string of the molecule is CSc1nccc(Cc2c[nH]c(=O)[nH]2)n1. The molecule has 15 heavy (non-hydrogen) atoms. The van der Waals surface area contributed by atoms with E-state index in [1.165, 1.54) is 11.8 Å². The first-order valence-corrected chi connectivity index (χ1v) is 5.63. The lowest BCUT2D eigenvalue weighted by Gasteiger charge is -1.99. The molecule has 0 atom stereocenters. The van der Waals surface area contributed by atoms with Crippen LogP contribution in [0, 0.1) is 0 Å². The van der Waals surface area contributed by atoms with Crippen molar-refractivity contribution in [2.45, 2.75) is 11.6 Å². The lowest BCUT2D eigenvalue weighted by Crippen LogP contribution is -2.02. The van der Waals surface area contributed by atoms with Gasteiger partial charge in [-0.05, 0) is 12.3 Å². The molecule has 0 aliphatic carbocycles. The van der Waals surface area contributed by atoms with E-state index in [0.717, 1.165) is 16.5 Å². The van der Waals surface area contributed by atoms with Crippen molar-refractivity contribution in [3.63, 3.8) is 0 Å². The van der Waals surface area contributed by atoms with Gasteiger partial charge in [0.2, 0.25) is 0 Å². The Labute approximate surface area is 90.4 Å². The van der Waals surface area contributed by atoms with Crippen molar-refractivity contribution in [1.29, 1.82) is 0 Å². The largest absolute Gasteiger partial charge is 0.323 e. The Morgan fingerprint density at radius 1 is 1.53 bits per heavy atom. The fourth-order valence-electron chi connectivity index (χ4n) is 1.23. The van der Waals surface area contributed by atoms with E-state index in [1.54, 1.807) is 12.4 Å². The molecule has 2 N–H and O–H groups in total. The first-order valence-electron chi connectivity index (χ1n) is 4.40. The maximum absolute atomic E-state index is 10.9. The number of aromatic nitrogens is 4. The van der Waals surface area contributed by atoms with Gasteiger partial charge in [0.05, 0.1) is 5.69 Å². The van der Waals surface area contributed by atoms with Crippen LogP contribution in [-0.4, -0.2) is 26.2 Å². The average Bonchev–Trinajstić information content (AvgIpc) is 2.64. The molecule has 0 amide bonds. The third-order valence-electron chi connectivity index (χ3n) is 1.90. The Morgan fingerprint density at radius 3 is 3.07 bits per heavy atom. The van der Waals surface area contributed by atoms with Crippen LogP contribution in [0.2, 0.25) is 0 Å². The van der Waals surface area contributed by atoms with Gasteiger partial charge in [0.1, 0.15) is 0 Å². The van der Waals surface area contributed by atoms with E-state index >= 15 is 0 Å². The monoisotopic (exact) mass is 222 g/mol. The van der Waals surface area contributed by atoms with E-state index in [-0.39, 0.29) is 5.69 Å². The first kappa shape index (κ1) is 9.97. The minimum atomic E-state index is -0.191. The van der Waals surface area contributed by atoms with Gasteiger partial charge < -0.3 is 9.97 Å². The number of nitrogens with zero attached hydrogens (tertiary/aromatic N) is 2. The molecule has 0 saturated heterocycles. The Morgan fingerprint density at radius 2 is 2.40 bits per heavy atom. The molecule has 0 aliphatic rings. The van der Waals surface area contributed by atoms with Gasteiger partial charge in [0.15, 0.2) is 5.16 Å². The molecule has 2 aromatic heterocycles. The summed E-state index contributed by atoms with van der Waals surface area (Å²) in [7, 11) is 0. The zero-order valence-corrected chi connectivity index (χ0v) is 8.97. The van der Waals surface area contributed by atoms with E-state index in [2.05, 4.69) is 19.9 Å². The fourth-order valence-corrected chi connectivity index (χ4v) is 1.61. The van der Waals surface area contributed by atoms with Crippen molar-refractivity contribution in [1.82, 2.24) is 19.9 Å². The second-order valence-corrected chi connectivity index (χ2v) is 3.75. The predicted molar refractivity (Wildman–Crippen MR) is 58.0 cm³/mol. The number of thioether (sulfide) groups is 1. The molecular weight excluding hydrogens is 212 g/mol. The number of hydrogen-bond donors (Lipinski definition) is 2. The fraction of sp³-hybridized carbons (Fsp3) is 0.222. The number of aromatic amines is 2. The summed E-state index contributed by atoms with van der Waals surface area (Å²) >= 11 is 1.50. The van der Waals surface area contributed by atoms with Gasteiger partial charge in [-0.3, -0.25) is 0 Å². The van der Waals surface area contributed by atoms with Crippen molar-refractivity contribution in [2.75, 3.05) is 6.26 Å². The highest BCUT2D eigenvalue weighted by Crippen LogP contribution is 2.09. The van der Waals surface area contributed by atoms with E-state index in [4.69, 9.17) is 0 Å². The highest BCUT2D eigenvalue weighted by Gasteiger charge is 2.01. The first-order chi connectivity index (χ1) is 7.28. The molecule has 0 unspecified atom stereocenters. The predicted octanol–water partition coefficient (Wildman–Crippen LogP) is 0.806. The second-order valence-electron chi connectivity index (χ2n) is 2.98. The third kappa shape index (κ3) is 2.47. The Bertz CT molecular complexity index is 505. The molecule has 0 aliphatic heterocycles. The van der Waals surface area contributed by atoms with Crippen molar-refractivity contribution < 1.29 is 0 Å². The molecule has 0 fully saturated rings. The number of rotatable bonds is 3. The molecule has 0 spiro atoms. The molecule has 6 heteroatoms. The molecule has 0 radical (unpaired) electrons. The molecule has 2 heterocycles. The van der Waals surface area contributed by atoms with Gasteiger partial charge in [0.25, 0.3) is 0 Å². The van der Waals surface area contributed by atoms with Crippen molar-refractivity contribution in [3.8, 4) is 0 Å². The van der Waals surface area contributed by atoms with Crippen molar-refractivity contribution in [2.24, 2.45) is 0 Å². The highest BCUT2D eigenvalue weighted by atomic mass is 32.2. The van der Waals surface area contributed by atoms with Crippen LogP contribution in [0.5, 0.6) is 0 Å². The van der Waals surface area contributed by atoms with Crippen molar-refractivity contribution in [3.05, 3.63) is 40.3 Å². The number of nitrogens with one attached hydrogen (secondary N) is 2. The van der Waals surface area contributed by atoms with Gasteiger partial charge in [-0.1, -0.05) is 11.8 Å². The van der Waals surface area contributed by atoms with Crippen LogP contribution in [0.15, 0.2) is 28.4 Å². The lowest BCUT2D eigenvalue weighted by molar-refractivity contribution is 0.894. The molecule has 0 saturated carbocycles. The number of hydrogen-bond acceptors (Lipinski definition) is 4. The zero-order valence-electron chi connectivity index (χ0n) is 8.15. The van der Waals surface area contributed by atoms with E-state index in [1.807, 2.05) is 12.3 Å². The molecule has 2 aromatic rings. The van der Waals surface area contributed by atoms with Crippen LogP contribution in [-0.2, 0) is 6.42 Å². The number of imidazole rings is 1. The topological polar surface area (TPSA) is 74.4 Å². The Kier molecular flexibility index (Phi) is 2.86. The summed E-state index contributed by atoms with van der Waals surface area (Å²) in [5.74, 6) is 0. The van der Waals surface area contributed by atoms with Gasteiger partial charge in [-0.25, -0.2) is 14.8 Å². The summed E-state index contributed by atoms with van der Waals surface area (Å²) in [6.07, 6.45) is 5.91. The van der Waals surface area contributed by atoms with Gasteiger partial charge in [0, 0.05) is 24.5 Å². The van der Waals surface area contributed by atoms with E-state index in [0.29, 0.717) is 6.42 Å². The summed E-state index contributed by atoms with van der Waals surface area (Å²) in [6.45, 7) is 0. The average molecular weight is 222 g/mol. The maximum Gasteiger partial charge on any atom is 0.323 e. The molecule has 0 aromatic carbocycles.